The molecule has 0 aromatic heterocycles. The first kappa shape index (κ1) is 12.1. The normalized spacial score (nSPS) is 23.4. The Labute approximate surface area is 123 Å². The van der Waals surface area contributed by atoms with Gasteiger partial charge in [-0.15, -0.1) is 0 Å². The molecule has 1 heterocycles. The molecule has 0 fully saturated rings. The molecule has 1 aliphatic carbocycles. The largest absolute Gasteiger partial charge is 0.481 e. The van der Waals surface area contributed by atoms with E-state index in [2.05, 4.69) is 29.6 Å². The van der Waals surface area contributed by atoms with Gasteiger partial charge in [0.15, 0.2) is 0 Å². The number of hydrogen-bond acceptors (Lipinski definition) is 2. The summed E-state index contributed by atoms with van der Waals surface area (Å²) >= 11 is 6.07. The van der Waals surface area contributed by atoms with Crippen LogP contribution in [0.15, 0.2) is 42.5 Å². The van der Waals surface area contributed by atoms with Crippen molar-refractivity contribution in [2.24, 2.45) is 0 Å². The summed E-state index contributed by atoms with van der Waals surface area (Å²) in [6.07, 6.45) is 3.53. The highest BCUT2D eigenvalue weighted by Crippen LogP contribution is 2.42. The predicted molar refractivity (Wildman–Crippen MR) is 81.6 cm³/mol. The Kier molecular flexibility index (Phi) is 2.85. The van der Waals surface area contributed by atoms with Gasteiger partial charge in [0.2, 0.25) is 0 Å². The van der Waals surface area contributed by atoms with Gasteiger partial charge in [0, 0.05) is 5.02 Å². The fraction of sp³-hybridized carbons (Fsp3) is 0.294. The molecular weight excluding hydrogens is 270 g/mol. The van der Waals surface area contributed by atoms with E-state index in [0.717, 1.165) is 29.3 Å². The van der Waals surface area contributed by atoms with E-state index in [1.54, 1.807) is 0 Å². The van der Waals surface area contributed by atoms with Gasteiger partial charge < -0.3 is 10.1 Å². The summed E-state index contributed by atoms with van der Waals surface area (Å²) in [5, 5.41) is 4.35. The highest BCUT2D eigenvalue weighted by atomic mass is 35.5. The van der Waals surface area contributed by atoms with Crippen molar-refractivity contribution in [1.29, 1.82) is 0 Å². The summed E-state index contributed by atoms with van der Waals surface area (Å²) in [6.45, 7) is 0. The first-order valence-corrected chi connectivity index (χ1v) is 7.49. The van der Waals surface area contributed by atoms with Crippen LogP contribution < -0.4 is 10.1 Å². The third-order valence-electron chi connectivity index (χ3n) is 4.22. The number of halogens is 1. The second-order valence-electron chi connectivity index (χ2n) is 5.52. The monoisotopic (exact) mass is 285 g/mol. The summed E-state index contributed by atoms with van der Waals surface area (Å²) in [7, 11) is 0. The lowest BCUT2D eigenvalue weighted by atomic mass is 9.97. The molecular formula is C17H16ClNO. The molecule has 4 rings (SSSR count). The maximum Gasteiger partial charge on any atom is 0.144 e. The average Bonchev–Trinajstić information content (AvgIpc) is 2.64. The Bertz CT molecular complexity index is 655. The minimum absolute atomic E-state index is 0.0994. The molecule has 0 spiro atoms. The molecule has 102 valence electrons. The average molecular weight is 286 g/mol. The third-order valence-corrected chi connectivity index (χ3v) is 4.46. The van der Waals surface area contributed by atoms with Gasteiger partial charge >= 0.3 is 0 Å². The zero-order valence-electron chi connectivity index (χ0n) is 11.1. The van der Waals surface area contributed by atoms with Crippen LogP contribution in [0.5, 0.6) is 5.75 Å². The van der Waals surface area contributed by atoms with Gasteiger partial charge in [0.1, 0.15) is 11.9 Å². The van der Waals surface area contributed by atoms with E-state index in [9.17, 15) is 0 Å². The lowest BCUT2D eigenvalue weighted by Gasteiger charge is -2.35. The van der Waals surface area contributed by atoms with Gasteiger partial charge in [-0.2, -0.15) is 0 Å². The second kappa shape index (κ2) is 4.71. The van der Waals surface area contributed by atoms with Crippen molar-refractivity contribution in [1.82, 2.24) is 0 Å². The summed E-state index contributed by atoms with van der Waals surface area (Å²) in [6, 6.07) is 14.7. The number of hydrogen-bond donors (Lipinski definition) is 1. The van der Waals surface area contributed by atoms with Crippen LogP contribution in [0.1, 0.15) is 30.1 Å². The van der Waals surface area contributed by atoms with Crippen LogP contribution >= 0.6 is 11.6 Å². The van der Waals surface area contributed by atoms with E-state index in [1.807, 2.05) is 18.2 Å². The van der Waals surface area contributed by atoms with Gasteiger partial charge in [0.05, 0.1) is 11.7 Å². The molecule has 0 saturated heterocycles. The number of fused-ring (bicyclic) bond motifs is 4. The van der Waals surface area contributed by atoms with Gasteiger partial charge in [0.25, 0.3) is 0 Å². The van der Waals surface area contributed by atoms with E-state index in [1.165, 1.54) is 17.5 Å². The number of anilines is 1. The number of nitrogens with one attached hydrogen (secondary N) is 1. The van der Waals surface area contributed by atoms with E-state index in [-0.39, 0.29) is 6.10 Å². The molecule has 0 bridgehead atoms. The Morgan fingerprint density at radius 3 is 3.00 bits per heavy atom. The second-order valence-corrected chi connectivity index (χ2v) is 5.96. The molecule has 1 aliphatic heterocycles. The van der Waals surface area contributed by atoms with Crippen molar-refractivity contribution in [3.8, 4) is 5.75 Å². The molecule has 0 saturated carbocycles. The van der Waals surface area contributed by atoms with Crippen molar-refractivity contribution < 1.29 is 4.74 Å². The third kappa shape index (κ3) is 1.95. The number of ether oxygens (including phenoxy) is 1. The van der Waals surface area contributed by atoms with E-state index in [0.29, 0.717) is 6.04 Å². The molecule has 1 N–H and O–H groups in total. The highest BCUT2D eigenvalue weighted by molar-refractivity contribution is 6.30. The fourth-order valence-corrected chi connectivity index (χ4v) is 3.44. The zero-order chi connectivity index (χ0) is 13.5. The minimum Gasteiger partial charge on any atom is -0.481 e. The number of benzene rings is 2. The molecule has 2 nitrogen and oxygen atoms in total. The van der Waals surface area contributed by atoms with Gasteiger partial charge in [-0.25, -0.2) is 0 Å². The summed E-state index contributed by atoms with van der Waals surface area (Å²) in [5.41, 5.74) is 3.75. The quantitative estimate of drug-likeness (QED) is 0.764. The van der Waals surface area contributed by atoms with Crippen LogP contribution in [0.4, 0.5) is 5.69 Å². The Morgan fingerprint density at radius 1 is 1.15 bits per heavy atom. The van der Waals surface area contributed by atoms with E-state index < -0.39 is 0 Å². The number of aryl methyl sites for hydroxylation is 1. The molecule has 2 atom stereocenters. The summed E-state index contributed by atoms with van der Waals surface area (Å²) in [5.74, 6) is 0.896. The van der Waals surface area contributed by atoms with E-state index in [4.69, 9.17) is 16.3 Å². The maximum absolute atomic E-state index is 6.28. The molecule has 2 aromatic carbocycles. The van der Waals surface area contributed by atoms with Crippen molar-refractivity contribution in [3.05, 3.63) is 58.6 Å². The van der Waals surface area contributed by atoms with Crippen molar-refractivity contribution >= 4 is 17.3 Å². The van der Waals surface area contributed by atoms with Gasteiger partial charge in [-0.05, 0) is 48.6 Å². The summed E-state index contributed by atoms with van der Waals surface area (Å²) < 4.78 is 6.28. The molecule has 2 aliphatic rings. The van der Waals surface area contributed by atoms with Gasteiger partial charge in [-0.1, -0.05) is 35.9 Å². The lowest BCUT2D eigenvalue weighted by Crippen LogP contribution is -2.34. The van der Waals surface area contributed by atoms with Crippen LogP contribution in [0.25, 0.3) is 0 Å². The van der Waals surface area contributed by atoms with Crippen LogP contribution in [0.3, 0.4) is 0 Å². The maximum atomic E-state index is 6.28. The summed E-state index contributed by atoms with van der Waals surface area (Å²) in [4.78, 5) is 0. The molecule has 2 unspecified atom stereocenters. The predicted octanol–water partition coefficient (Wildman–Crippen LogP) is 4.59. The molecule has 0 radical (unpaired) electrons. The minimum atomic E-state index is 0.0994. The van der Waals surface area contributed by atoms with E-state index >= 15 is 0 Å². The first-order valence-electron chi connectivity index (χ1n) is 7.12. The van der Waals surface area contributed by atoms with Crippen molar-refractivity contribution in [2.75, 3.05) is 5.32 Å². The lowest BCUT2D eigenvalue weighted by molar-refractivity contribution is 0.168. The Morgan fingerprint density at radius 2 is 2.05 bits per heavy atom. The van der Waals surface area contributed by atoms with Crippen LogP contribution in [-0.4, -0.2) is 6.04 Å². The first-order chi connectivity index (χ1) is 9.81. The van der Waals surface area contributed by atoms with Crippen LogP contribution in [0, 0.1) is 0 Å². The smallest absolute Gasteiger partial charge is 0.144 e. The van der Waals surface area contributed by atoms with Crippen molar-refractivity contribution in [2.45, 2.75) is 31.4 Å². The standard InChI is InChI=1S/C17H16ClNO/c18-12-8-9-16-15(10-12)19-14-7-3-5-11-4-1-2-6-13(11)17(14)20-16/h1-2,4,6,8-10,14,17,19H,3,5,7H2. The highest BCUT2D eigenvalue weighted by Gasteiger charge is 2.33. The molecule has 0 amide bonds. The molecule has 3 heteroatoms. The van der Waals surface area contributed by atoms with Crippen molar-refractivity contribution in [3.63, 3.8) is 0 Å². The van der Waals surface area contributed by atoms with Crippen LogP contribution in [-0.2, 0) is 6.42 Å². The number of rotatable bonds is 0. The Balaban J connectivity index is 1.78. The fourth-order valence-electron chi connectivity index (χ4n) is 3.27. The topological polar surface area (TPSA) is 21.3 Å². The van der Waals surface area contributed by atoms with Gasteiger partial charge in [-0.3, -0.25) is 0 Å². The molecule has 20 heavy (non-hydrogen) atoms. The molecule has 2 aromatic rings. The zero-order valence-corrected chi connectivity index (χ0v) is 11.9. The Hall–Kier alpha value is -1.67. The SMILES string of the molecule is Clc1ccc2c(c1)NC1CCCc3ccccc3C1O2. The van der Waals surface area contributed by atoms with Crippen LogP contribution in [0.2, 0.25) is 5.02 Å².